The van der Waals surface area contributed by atoms with Gasteiger partial charge in [-0.2, -0.15) is 0 Å². The lowest BCUT2D eigenvalue weighted by molar-refractivity contribution is -0.148. The highest BCUT2D eigenvalue weighted by Crippen LogP contribution is 2.38. The number of aryl methyl sites for hydroxylation is 1. The van der Waals surface area contributed by atoms with E-state index in [0.29, 0.717) is 35.7 Å². The van der Waals surface area contributed by atoms with E-state index in [2.05, 4.69) is 18.7 Å². The van der Waals surface area contributed by atoms with E-state index < -0.39 is 11.7 Å². The van der Waals surface area contributed by atoms with E-state index in [0.717, 1.165) is 19.4 Å². The number of hydrogen-bond acceptors (Lipinski definition) is 4. The van der Waals surface area contributed by atoms with Crippen LogP contribution in [0.4, 0.5) is 4.39 Å². The summed E-state index contributed by atoms with van der Waals surface area (Å²) in [5, 5.41) is 21.4. The van der Waals surface area contributed by atoms with Crippen LogP contribution in [0, 0.1) is 18.2 Å². The highest BCUT2D eigenvalue weighted by atomic mass is 19.1. The van der Waals surface area contributed by atoms with Crippen LogP contribution in [-0.4, -0.2) is 52.6 Å². The average molecular weight is 365 g/mol. The summed E-state index contributed by atoms with van der Waals surface area (Å²) in [6, 6.07) is 5.01. The maximum absolute atomic E-state index is 13.4. The first-order chi connectivity index (χ1) is 12.2. The minimum Gasteiger partial charge on any atom is -0.490 e. The Labute approximate surface area is 156 Å². The van der Waals surface area contributed by atoms with E-state index >= 15 is 0 Å². The minimum atomic E-state index is -1.30. The van der Waals surface area contributed by atoms with Gasteiger partial charge in [0.05, 0.1) is 6.10 Å². The molecule has 1 saturated carbocycles. The fourth-order valence-electron chi connectivity index (χ4n) is 4.21. The topological polar surface area (TPSA) is 52.9 Å². The number of rotatable bonds is 4. The second-order valence-corrected chi connectivity index (χ2v) is 8.97. The molecule has 0 bridgehead atoms. The van der Waals surface area contributed by atoms with Crippen molar-refractivity contribution in [3.8, 4) is 5.75 Å². The van der Waals surface area contributed by atoms with Gasteiger partial charge in [0.15, 0.2) is 0 Å². The van der Waals surface area contributed by atoms with Gasteiger partial charge in [0.2, 0.25) is 0 Å². The standard InChI is InChI=1S/C21H32FNO3/c1-15-12-17(4-5-18(15)22)26-14-21(25)13-23(11-8-19(21)24)16-6-9-20(2,3)10-7-16/h4-5,12,16,19,24-25H,6-11,13-14H2,1-3H3/t19-,21-/m0/s1. The van der Waals surface area contributed by atoms with Crippen molar-refractivity contribution in [1.82, 2.24) is 4.90 Å². The fourth-order valence-corrected chi connectivity index (χ4v) is 4.21. The Morgan fingerprint density at radius 2 is 1.92 bits per heavy atom. The summed E-state index contributed by atoms with van der Waals surface area (Å²) in [4.78, 5) is 2.32. The van der Waals surface area contributed by atoms with Gasteiger partial charge in [0.1, 0.15) is 23.8 Å². The Balaban J connectivity index is 1.62. The van der Waals surface area contributed by atoms with Crippen molar-refractivity contribution < 1.29 is 19.3 Å². The van der Waals surface area contributed by atoms with Crippen LogP contribution in [-0.2, 0) is 0 Å². The molecule has 0 spiro atoms. The minimum absolute atomic E-state index is 0.00789. The molecule has 1 aliphatic heterocycles. The molecule has 146 valence electrons. The second kappa shape index (κ2) is 7.45. The molecule has 2 aliphatic rings. The number of ether oxygens (including phenoxy) is 1. The summed E-state index contributed by atoms with van der Waals surface area (Å²) in [7, 11) is 0. The van der Waals surface area contributed by atoms with Crippen molar-refractivity contribution in [2.75, 3.05) is 19.7 Å². The second-order valence-electron chi connectivity index (χ2n) is 8.97. The first-order valence-corrected chi connectivity index (χ1v) is 9.72. The predicted molar refractivity (Wildman–Crippen MR) is 99.8 cm³/mol. The van der Waals surface area contributed by atoms with Crippen LogP contribution >= 0.6 is 0 Å². The molecule has 1 aliphatic carbocycles. The summed E-state index contributed by atoms with van der Waals surface area (Å²) in [6.45, 7) is 7.55. The summed E-state index contributed by atoms with van der Waals surface area (Å²) < 4.78 is 19.1. The molecule has 1 saturated heterocycles. The van der Waals surface area contributed by atoms with Gasteiger partial charge < -0.3 is 14.9 Å². The number of likely N-dealkylation sites (tertiary alicyclic amines) is 1. The van der Waals surface area contributed by atoms with Crippen molar-refractivity contribution >= 4 is 0 Å². The van der Waals surface area contributed by atoms with Crippen LogP contribution in [0.15, 0.2) is 18.2 Å². The molecule has 0 aromatic heterocycles. The van der Waals surface area contributed by atoms with Crippen molar-refractivity contribution in [3.63, 3.8) is 0 Å². The molecule has 0 amide bonds. The first-order valence-electron chi connectivity index (χ1n) is 9.72. The van der Waals surface area contributed by atoms with Crippen LogP contribution in [0.2, 0.25) is 0 Å². The van der Waals surface area contributed by atoms with Gasteiger partial charge in [-0.05, 0) is 68.2 Å². The SMILES string of the molecule is Cc1cc(OC[C@@]2(O)CN(C3CCC(C)(C)CC3)CC[C@@H]2O)ccc1F. The Hall–Kier alpha value is -1.17. The monoisotopic (exact) mass is 365 g/mol. The lowest BCUT2D eigenvalue weighted by Gasteiger charge is -2.47. The first kappa shape index (κ1) is 19.6. The van der Waals surface area contributed by atoms with Crippen LogP contribution in [0.3, 0.4) is 0 Å². The molecule has 1 aromatic rings. The van der Waals surface area contributed by atoms with Crippen LogP contribution in [0.25, 0.3) is 0 Å². The number of benzene rings is 1. The zero-order valence-corrected chi connectivity index (χ0v) is 16.2. The Morgan fingerprint density at radius 1 is 1.23 bits per heavy atom. The van der Waals surface area contributed by atoms with E-state index in [1.165, 1.54) is 18.9 Å². The lowest BCUT2D eigenvalue weighted by Crippen LogP contribution is -2.62. The lowest BCUT2D eigenvalue weighted by atomic mass is 9.74. The molecule has 0 radical (unpaired) electrons. The summed E-state index contributed by atoms with van der Waals surface area (Å²) >= 11 is 0. The van der Waals surface area contributed by atoms with Gasteiger partial charge in [0.25, 0.3) is 0 Å². The molecule has 5 heteroatoms. The summed E-state index contributed by atoms with van der Waals surface area (Å²) in [6.07, 6.45) is 4.40. The Kier molecular flexibility index (Phi) is 5.61. The van der Waals surface area contributed by atoms with Gasteiger partial charge in [-0.3, -0.25) is 4.90 Å². The van der Waals surface area contributed by atoms with E-state index in [9.17, 15) is 14.6 Å². The Morgan fingerprint density at radius 3 is 2.58 bits per heavy atom. The van der Waals surface area contributed by atoms with Crippen molar-refractivity contribution in [1.29, 1.82) is 0 Å². The highest BCUT2D eigenvalue weighted by molar-refractivity contribution is 5.29. The molecule has 2 atom stereocenters. The zero-order valence-electron chi connectivity index (χ0n) is 16.2. The third-order valence-corrected chi connectivity index (χ3v) is 6.23. The van der Waals surface area contributed by atoms with Gasteiger partial charge in [-0.15, -0.1) is 0 Å². The number of aliphatic hydroxyl groups is 2. The van der Waals surface area contributed by atoms with E-state index in [1.54, 1.807) is 19.1 Å². The third-order valence-electron chi connectivity index (χ3n) is 6.23. The van der Waals surface area contributed by atoms with Crippen molar-refractivity contribution in [2.24, 2.45) is 5.41 Å². The molecule has 0 unspecified atom stereocenters. The predicted octanol–water partition coefficient (Wildman–Crippen LogP) is 3.28. The number of nitrogens with zero attached hydrogens (tertiary/aromatic N) is 1. The summed E-state index contributed by atoms with van der Waals surface area (Å²) in [5.74, 6) is 0.237. The number of aliphatic hydroxyl groups excluding tert-OH is 1. The normalized spacial score (nSPS) is 30.3. The molecule has 1 aromatic carbocycles. The largest absolute Gasteiger partial charge is 0.490 e. The number of β-amino-alcohol motifs (C(OH)–C–C–N with tert-alkyl or cyclic N) is 1. The van der Waals surface area contributed by atoms with Gasteiger partial charge in [0, 0.05) is 19.1 Å². The van der Waals surface area contributed by atoms with Crippen LogP contribution in [0.5, 0.6) is 5.75 Å². The molecule has 26 heavy (non-hydrogen) atoms. The summed E-state index contributed by atoms with van der Waals surface area (Å²) in [5.41, 5.74) is -0.385. The van der Waals surface area contributed by atoms with Crippen LogP contribution in [0.1, 0.15) is 51.5 Å². The molecule has 3 rings (SSSR count). The van der Waals surface area contributed by atoms with Gasteiger partial charge in [-0.25, -0.2) is 4.39 Å². The molecular weight excluding hydrogens is 333 g/mol. The zero-order chi connectivity index (χ0) is 18.9. The fraction of sp³-hybridized carbons (Fsp3) is 0.714. The van der Waals surface area contributed by atoms with Crippen molar-refractivity contribution in [2.45, 2.75) is 70.6 Å². The Bertz CT molecular complexity index is 626. The van der Waals surface area contributed by atoms with Gasteiger partial charge in [-0.1, -0.05) is 13.8 Å². The maximum atomic E-state index is 13.4. The molecule has 2 N–H and O–H groups in total. The van der Waals surface area contributed by atoms with Gasteiger partial charge >= 0.3 is 0 Å². The molecule has 4 nitrogen and oxygen atoms in total. The quantitative estimate of drug-likeness (QED) is 0.860. The van der Waals surface area contributed by atoms with E-state index in [1.807, 2.05) is 0 Å². The third kappa shape index (κ3) is 4.38. The van der Waals surface area contributed by atoms with Crippen molar-refractivity contribution in [3.05, 3.63) is 29.6 Å². The maximum Gasteiger partial charge on any atom is 0.137 e. The molecule has 1 heterocycles. The highest BCUT2D eigenvalue weighted by Gasteiger charge is 2.44. The smallest absolute Gasteiger partial charge is 0.137 e. The number of halogens is 1. The van der Waals surface area contributed by atoms with Crippen LogP contribution < -0.4 is 4.74 Å². The number of hydrogen-bond donors (Lipinski definition) is 2. The number of piperidine rings is 1. The van der Waals surface area contributed by atoms with E-state index in [4.69, 9.17) is 4.74 Å². The molecular formula is C21H32FNO3. The van der Waals surface area contributed by atoms with E-state index in [-0.39, 0.29) is 12.4 Å². The average Bonchev–Trinajstić information content (AvgIpc) is 2.59. The molecule has 2 fully saturated rings.